The van der Waals surface area contributed by atoms with E-state index in [-0.39, 0.29) is 0 Å². The molecule has 10 heavy (non-hydrogen) atoms. The minimum atomic E-state index is 0.571. The first-order valence-electron chi connectivity index (χ1n) is 3.06. The minimum Gasteiger partial charge on any atom is -0.326 e. The van der Waals surface area contributed by atoms with Gasteiger partial charge in [0.1, 0.15) is 0 Å². The van der Waals surface area contributed by atoms with Gasteiger partial charge >= 0.3 is 0 Å². The predicted octanol–water partition coefficient (Wildman–Crippen LogP) is 1.26. The second-order valence-electron chi connectivity index (χ2n) is 1.91. The molecular formula is C7H10N2S. The highest BCUT2D eigenvalue weighted by atomic mass is 32.2. The summed E-state index contributed by atoms with van der Waals surface area (Å²) >= 11 is 1.64. The van der Waals surface area contributed by atoms with E-state index in [9.17, 15) is 0 Å². The predicted molar refractivity (Wildman–Crippen MR) is 43.9 cm³/mol. The Morgan fingerprint density at radius 3 is 2.80 bits per heavy atom. The first-order chi connectivity index (χ1) is 4.86. The van der Waals surface area contributed by atoms with Gasteiger partial charge in [-0.1, -0.05) is 6.07 Å². The van der Waals surface area contributed by atoms with Gasteiger partial charge in [0.25, 0.3) is 0 Å². The molecule has 0 radical (unpaired) electrons. The summed E-state index contributed by atoms with van der Waals surface area (Å²) in [6.45, 7) is 0.571. The number of aromatic nitrogens is 1. The number of hydrogen-bond acceptors (Lipinski definition) is 3. The summed E-state index contributed by atoms with van der Waals surface area (Å²) in [6.07, 6.45) is 3.82. The van der Waals surface area contributed by atoms with Crippen molar-refractivity contribution in [2.75, 3.05) is 6.26 Å². The Morgan fingerprint density at radius 2 is 2.40 bits per heavy atom. The van der Waals surface area contributed by atoms with E-state index in [0.29, 0.717) is 6.54 Å². The molecule has 0 atom stereocenters. The maximum Gasteiger partial charge on any atom is 0.0957 e. The van der Waals surface area contributed by atoms with Gasteiger partial charge in [-0.05, 0) is 17.9 Å². The molecule has 3 heteroatoms. The third-order valence-corrected chi connectivity index (χ3v) is 1.90. The van der Waals surface area contributed by atoms with Gasteiger partial charge in [-0.2, -0.15) is 0 Å². The van der Waals surface area contributed by atoms with Gasteiger partial charge in [-0.15, -0.1) is 11.8 Å². The molecule has 0 unspecified atom stereocenters. The molecule has 0 aliphatic rings. The SMILES string of the molecule is CSc1ccc(CN)cn1. The summed E-state index contributed by atoms with van der Waals surface area (Å²) in [5, 5.41) is 1.04. The molecule has 1 aromatic heterocycles. The Hall–Kier alpha value is -0.540. The molecule has 0 fully saturated rings. The Morgan fingerprint density at radius 1 is 1.60 bits per heavy atom. The van der Waals surface area contributed by atoms with Gasteiger partial charge in [-0.25, -0.2) is 4.98 Å². The third kappa shape index (κ3) is 1.72. The fraction of sp³-hybridized carbons (Fsp3) is 0.286. The van der Waals surface area contributed by atoms with Crippen molar-refractivity contribution in [1.29, 1.82) is 0 Å². The largest absolute Gasteiger partial charge is 0.326 e. The fourth-order valence-electron chi connectivity index (χ4n) is 0.652. The Bertz CT molecular complexity index is 172. The lowest BCUT2D eigenvalue weighted by atomic mass is 10.3. The number of hydrogen-bond donors (Lipinski definition) is 1. The lowest BCUT2D eigenvalue weighted by molar-refractivity contribution is 1.01. The van der Waals surface area contributed by atoms with Crippen molar-refractivity contribution in [2.45, 2.75) is 11.6 Å². The van der Waals surface area contributed by atoms with E-state index in [1.54, 1.807) is 11.8 Å². The molecule has 0 saturated carbocycles. The van der Waals surface area contributed by atoms with Crippen LogP contribution in [0.3, 0.4) is 0 Å². The van der Waals surface area contributed by atoms with Crippen LogP contribution >= 0.6 is 11.8 Å². The zero-order valence-corrected chi connectivity index (χ0v) is 6.69. The lowest BCUT2D eigenvalue weighted by Gasteiger charge is -1.96. The summed E-state index contributed by atoms with van der Waals surface area (Å²) in [6, 6.07) is 3.98. The standard InChI is InChI=1S/C7H10N2S/c1-10-7-3-2-6(4-8)5-9-7/h2-3,5H,4,8H2,1H3. The molecular weight excluding hydrogens is 144 g/mol. The molecule has 1 heterocycles. The zero-order chi connectivity index (χ0) is 7.40. The Labute approximate surface area is 64.8 Å². The van der Waals surface area contributed by atoms with Crippen molar-refractivity contribution < 1.29 is 0 Å². The van der Waals surface area contributed by atoms with E-state index in [1.165, 1.54) is 0 Å². The van der Waals surface area contributed by atoms with Crippen LogP contribution in [0, 0.1) is 0 Å². The second kappa shape index (κ2) is 3.58. The molecule has 0 amide bonds. The summed E-state index contributed by atoms with van der Waals surface area (Å²) in [5.41, 5.74) is 6.48. The monoisotopic (exact) mass is 154 g/mol. The average molecular weight is 154 g/mol. The molecule has 1 rings (SSSR count). The maximum atomic E-state index is 5.39. The lowest BCUT2D eigenvalue weighted by Crippen LogP contribution is -1.96. The van der Waals surface area contributed by atoms with Crippen molar-refractivity contribution in [3.8, 4) is 0 Å². The van der Waals surface area contributed by atoms with Crippen LogP contribution < -0.4 is 5.73 Å². The third-order valence-electron chi connectivity index (χ3n) is 1.24. The molecule has 0 aliphatic carbocycles. The normalized spacial score (nSPS) is 9.80. The highest BCUT2D eigenvalue weighted by molar-refractivity contribution is 7.98. The molecule has 0 aromatic carbocycles. The number of rotatable bonds is 2. The number of thioether (sulfide) groups is 1. The van der Waals surface area contributed by atoms with E-state index < -0.39 is 0 Å². The molecule has 54 valence electrons. The van der Waals surface area contributed by atoms with Gasteiger partial charge in [-0.3, -0.25) is 0 Å². The van der Waals surface area contributed by atoms with Gasteiger partial charge in [0.2, 0.25) is 0 Å². The van der Waals surface area contributed by atoms with E-state index in [2.05, 4.69) is 4.98 Å². The van der Waals surface area contributed by atoms with Crippen molar-refractivity contribution in [2.24, 2.45) is 5.73 Å². The minimum absolute atomic E-state index is 0.571. The van der Waals surface area contributed by atoms with Crippen LogP contribution in [0.2, 0.25) is 0 Å². The van der Waals surface area contributed by atoms with Crippen LogP contribution in [0.1, 0.15) is 5.56 Å². The smallest absolute Gasteiger partial charge is 0.0957 e. The van der Waals surface area contributed by atoms with Gasteiger partial charge in [0.15, 0.2) is 0 Å². The zero-order valence-electron chi connectivity index (χ0n) is 5.87. The average Bonchev–Trinajstić information content (AvgIpc) is 2.05. The second-order valence-corrected chi connectivity index (χ2v) is 2.74. The molecule has 1 aromatic rings. The van der Waals surface area contributed by atoms with Crippen LogP contribution in [0.25, 0.3) is 0 Å². The van der Waals surface area contributed by atoms with Crippen LogP contribution in [0.4, 0.5) is 0 Å². The number of nitrogens with two attached hydrogens (primary N) is 1. The molecule has 0 spiro atoms. The quantitative estimate of drug-likeness (QED) is 0.652. The summed E-state index contributed by atoms with van der Waals surface area (Å²) in [4.78, 5) is 4.15. The van der Waals surface area contributed by atoms with Crippen molar-refractivity contribution in [3.63, 3.8) is 0 Å². The summed E-state index contributed by atoms with van der Waals surface area (Å²) < 4.78 is 0. The molecule has 2 nitrogen and oxygen atoms in total. The van der Waals surface area contributed by atoms with Crippen LogP contribution in [-0.4, -0.2) is 11.2 Å². The summed E-state index contributed by atoms with van der Waals surface area (Å²) in [7, 11) is 0. The van der Waals surface area contributed by atoms with E-state index in [4.69, 9.17) is 5.73 Å². The van der Waals surface area contributed by atoms with Gasteiger partial charge in [0.05, 0.1) is 5.03 Å². The Kier molecular flexibility index (Phi) is 2.71. The van der Waals surface area contributed by atoms with Crippen molar-refractivity contribution >= 4 is 11.8 Å². The topological polar surface area (TPSA) is 38.9 Å². The van der Waals surface area contributed by atoms with Gasteiger partial charge < -0.3 is 5.73 Å². The molecule has 2 N–H and O–H groups in total. The molecule has 0 saturated heterocycles. The fourth-order valence-corrected chi connectivity index (χ4v) is 1.01. The van der Waals surface area contributed by atoms with E-state index in [0.717, 1.165) is 10.6 Å². The highest BCUT2D eigenvalue weighted by Crippen LogP contribution is 2.10. The molecule has 0 bridgehead atoms. The number of pyridine rings is 1. The van der Waals surface area contributed by atoms with Gasteiger partial charge in [0, 0.05) is 12.7 Å². The van der Waals surface area contributed by atoms with Crippen molar-refractivity contribution in [3.05, 3.63) is 23.9 Å². The van der Waals surface area contributed by atoms with Crippen molar-refractivity contribution in [1.82, 2.24) is 4.98 Å². The number of nitrogens with zero attached hydrogens (tertiary/aromatic N) is 1. The summed E-state index contributed by atoms with van der Waals surface area (Å²) in [5.74, 6) is 0. The van der Waals surface area contributed by atoms with Crippen LogP contribution in [0.15, 0.2) is 23.4 Å². The molecule has 0 aliphatic heterocycles. The van der Waals surface area contributed by atoms with Crippen LogP contribution in [-0.2, 0) is 6.54 Å². The highest BCUT2D eigenvalue weighted by Gasteiger charge is 1.90. The first kappa shape index (κ1) is 7.57. The van der Waals surface area contributed by atoms with E-state index >= 15 is 0 Å². The van der Waals surface area contributed by atoms with E-state index in [1.807, 2.05) is 24.6 Å². The first-order valence-corrected chi connectivity index (χ1v) is 4.28. The maximum absolute atomic E-state index is 5.39. The Balaban J connectivity index is 2.80. The van der Waals surface area contributed by atoms with Crippen LogP contribution in [0.5, 0.6) is 0 Å².